The van der Waals surface area contributed by atoms with Crippen molar-refractivity contribution >= 4 is 40.9 Å². The van der Waals surface area contributed by atoms with Gasteiger partial charge in [-0.3, -0.25) is 14.9 Å². The van der Waals surface area contributed by atoms with E-state index in [1.54, 1.807) is 30.3 Å². The van der Waals surface area contributed by atoms with Crippen LogP contribution in [0.25, 0.3) is 17.4 Å². The fourth-order valence-electron chi connectivity index (χ4n) is 2.66. The van der Waals surface area contributed by atoms with Gasteiger partial charge in [0.05, 0.1) is 14.9 Å². The van der Waals surface area contributed by atoms with E-state index >= 15 is 0 Å². The molecule has 1 aliphatic heterocycles. The molecule has 26 heavy (non-hydrogen) atoms. The second kappa shape index (κ2) is 6.48. The molecule has 0 amide bonds. The summed E-state index contributed by atoms with van der Waals surface area (Å²) in [4.78, 5) is 24.2. The molecule has 2 aromatic carbocycles. The standard InChI is InChI=1S/C19H10ClNO4S/c20-15-9-11(21(23)24)5-7-13(15)16-8-6-12(25-16)10-18-19(22)14-3-1-2-4-17(14)26-18/h1-10H/b18-10+. The van der Waals surface area contributed by atoms with Crippen LogP contribution in [0.2, 0.25) is 5.02 Å². The number of rotatable bonds is 3. The van der Waals surface area contributed by atoms with Crippen LogP contribution < -0.4 is 0 Å². The summed E-state index contributed by atoms with van der Waals surface area (Å²) in [7, 11) is 0. The molecule has 0 saturated carbocycles. The number of fused-ring (bicyclic) bond motifs is 1. The van der Waals surface area contributed by atoms with E-state index in [0.717, 1.165) is 4.90 Å². The number of Topliss-reactive ketones (excluding diaryl/α,β-unsaturated/α-hetero) is 1. The Balaban J connectivity index is 1.64. The Kier molecular flexibility index (Phi) is 4.14. The number of hydrogen-bond acceptors (Lipinski definition) is 5. The van der Waals surface area contributed by atoms with Crippen molar-refractivity contribution in [2.75, 3.05) is 0 Å². The number of benzene rings is 2. The molecule has 0 N–H and O–H groups in total. The van der Waals surface area contributed by atoms with Crippen molar-refractivity contribution < 1.29 is 14.1 Å². The van der Waals surface area contributed by atoms with E-state index in [0.29, 0.717) is 27.6 Å². The summed E-state index contributed by atoms with van der Waals surface area (Å²) in [5, 5.41) is 11.0. The Hall–Kier alpha value is -2.83. The van der Waals surface area contributed by atoms with E-state index in [9.17, 15) is 14.9 Å². The molecule has 0 unspecified atom stereocenters. The summed E-state index contributed by atoms with van der Waals surface area (Å²) < 4.78 is 5.76. The first-order valence-electron chi connectivity index (χ1n) is 7.60. The topological polar surface area (TPSA) is 73.3 Å². The van der Waals surface area contributed by atoms with Crippen LogP contribution in [0.1, 0.15) is 16.1 Å². The van der Waals surface area contributed by atoms with Gasteiger partial charge in [0.15, 0.2) is 0 Å². The molecule has 2 heterocycles. The summed E-state index contributed by atoms with van der Waals surface area (Å²) in [5.74, 6) is 0.958. The first-order valence-corrected chi connectivity index (χ1v) is 8.80. The maximum atomic E-state index is 12.4. The highest BCUT2D eigenvalue weighted by atomic mass is 35.5. The fourth-order valence-corrected chi connectivity index (χ4v) is 3.96. The van der Waals surface area contributed by atoms with E-state index in [1.807, 2.05) is 18.2 Å². The maximum Gasteiger partial charge on any atom is 0.270 e. The van der Waals surface area contributed by atoms with Gasteiger partial charge in [-0.05, 0) is 36.4 Å². The number of ketones is 1. The Bertz CT molecular complexity index is 1090. The predicted molar refractivity (Wildman–Crippen MR) is 100 cm³/mol. The number of nitrogens with zero attached hydrogens (tertiary/aromatic N) is 1. The van der Waals surface area contributed by atoms with Crippen molar-refractivity contribution in [3.8, 4) is 11.3 Å². The number of allylic oxidation sites excluding steroid dienone is 1. The van der Waals surface area contributed by atoms with Gasteiger partial charge in [0.2, 0.25) is 5.78 Å². The minimum atomic E-state index is -0.506. The van der Waals surface area contributed by atoms with Crippen LogP contribution in [-0.2, 0) is 0 Å². The lowest BCUT2D eigenvalue weighted by molar-refractivity contribution is -0.384. The van der Waals surface area contributed by atoms with Crippen LogP contribution >= 0.6 is 23.4 Å². The first-order chi connectivity index (χ1) is 12.5. The summed E-state index contributed by atoms with van der Waals surface area (Å²) in [6.07, 6.45) is 1.69. The van der Waals surface area contributed by atoms with E-state index < -0.39 is 4.92 Å². The molecule has 3 aromatic rings. The van der Waals surface area contributed by atoms with Gasteiger partial charge >= 0.3 is 0 Å². The molecule has 0 fully saturated rings. The number of carbonyl (C=O) groups excluding carboxylic acids is 1. The van der Waals surface area contributed by atoms with Crippen molar-refractivity contribution in [2.24, 2.45) is 0 Å². The Morgan fingerprint density at radius 1 is 1.08 bits per heavy atom. The molecule has 0 radical (unpaired) electrons. The summed E-state index contributed by atoms with van der Waals surface area (Å²) in [6, 6.07) is 15.1. The number of non-ortho nitro benzene ring substituents is 1. The lowest BCUT2D eigenvalue weighted by Crippen LogP contribution is -1.93. The number of halogens is 1. The van der Waals surface area contributed by atoms with Crippen LogP contribution in [0.15, 0.2) is 68.8 Å². The minimum Gasteiger partial charge on any atom is -0.457 e. The van der Waals surface area contributed by atoms with Crippen LogP contribution in [0.5, 0.6) is 0 Å². The number of thioether (sulfide) groups is 1. The molecule has 4 rings (SSSR count). The number of nitro benzene ring substituents is 1. The molecule has 0 bridgehead atoms. The summed E-state index contributed by atoms with van der Waals surface area (Å²) >= 11 is 7.54. The van der Waals surface area contributed by atoms with Crippen molar-refractivity contribution in [1.29, 1.82) is 0 Å². The van der Waals surface area contributed by atoms with Gasteiger partial charge in [0.1, 0.15) is 11.5 Å². The molecule has 1 aromatic heterocycles. The van der Waals surface area contributed by atoms with Gasteiger partial charge in [-0.25, -0.2) is 0 Å². The Labute approximate surface area is 157 Å². The van der Waals surface area contributed by atoms with Crippen LogP contribution in [0.4, 0.5) is 5.69 Å². The molecular formula is C19H10ClNO4S. The molecule has 128 valence electrons. The van der Waals surface area contributed by atoms with Crippen LogP contribution in [0.3, 0.4) is 0 Å². The van der Waals surface area contributed by atoms with Gasteiger partial charge in [-0.15, -0.1) is 0 Å². The quantitative estimate of drug-likeness (QED) is 0.323. The van der Waals surface area contributed by atoms with E-state index in [1.165, 1.54) is 23.9 Å². The van der Waals surface area contributed by atoms with Crippen LogP contribution in [0, 0.1) is 10.1 Å². The predicted octanol–water partition coefficient (Wildman–Crippen LogP) is 5.84. The van der Waals surface area contributed by atoms with Crippen molar-refractivity contribution in [3.05, 3.63) is 86.0 Å². The lowest BCUT2D eigenvalue weighted by atomic mass is 10.1. The third-order valence-electron chi connectivity index (χ3n) is 3.90. The van der Waals surface area contributed by atoms with Crippen LogP contribution in [-0.4, -0.2) is 10.7 Å². The van der Waals surface area contributed by atoms with Gasteiger partial charge in [-0.2, -0.15) is 0 Å². The highest BCUT2D eigenvalue weighted by molar-refractivity contribution is 8.04. The normalized spacial score (nSPS) is 14.7. The molecule has 1 aliphatic rings. The van der Waals surface area contributed by atoms with Crippen molar-refractivity contribution in [3.63, 3.8) is 0 Å². The fraction of sp³-hybridized carbons (Fsp3) is 0. The second-order valence-corrected chi connectivity index (χ2v) is 7.05. The minimum absolute atomic E-state index is 0.0306. The van der Waals surface area contributed by atoms with E-state index in [-0.39, 0.29) is 16.5 Å². The lowest BCUT2D eigenvalue weighted by Gasteiger charge is -2.00. The molecule has 0 aliphatic carbocycles. The smallest absolute Gasteiger partial charge is 0.270 e. The van der Waals surface area contributed by atoms with Gasteiger partial charge in [-0.1, -0.05) is 35.5 Å². The van der Waals surface area contributed by atoms with Crippen molar-refractivity contribution in [2.45, 2.75) is 4.90 Å². The molecule has 0 atom stereocenters. The zero-order chi connectivity index (χ0) is 18.3. The Morgan fingerprint density at radius 3 is 2.62 bits per heavy atom. The van der Waals surface area contributed by atoms with Crippen molar-refractivity contribution in [1.82, 2.24) is 0 Å². The second-order valence-electron chi connectivity index (χ2n) is 5.56. The monoisotopic (exact) mass is 383 g/mol. The number of hydrogen-bond donors (Lipinski definition) is 0. The molecular weight excluding hydrogens is 374 g/mol. The molecule has 0 spiro atoms. The average molecular weight is 384 g/mol. The van der Waals surface area contributed by atoms with E-state index in [2.05, 4.69) is 0 Å². The van der Waals surface area contributed by atoms with Gasteiger partial charge in [0, 0.05) is 28.2 Å². The Morgan fingerprint density at radius 2 is 1.88 bits per heavy atom. The molecule has 5 nitrogen and oxygen atoms in total. The number of nitro groups is 1. The number of furan rings is 1. The zero-order valence-electron chi connectivity index (χ0n) is 13.1. The highest BCUT2D eigenvalue weighted by Gasteiger charge is 2.25. The molecule has 0 saturated heterocycles. The van der Waals surface area contributed by atoms with Gasteiger partial charge < -0.3 is 4.42 Å². The number of carbonyl (C=O) groups is 1. The summed E-state index contributed by atoms with van der Waals surface area (Å²) in [5.41, 5.74) is 1.16. The largest absolute Gasteiger partial charge is 0.457 e. The zero-order valence-corrected chi connectivity index (χ0v) is 14.7. The van der Waals surface area contributed by atoms with Gasteiger partial charge in [0.25, 0.3) is 5.69 Å². The van der Waals surface area contributed by atoms with E-state index in [4.69, 9.17) is 16.0 Å². The first kappa shape index (κ1) is 16.6. The maximum absolute atomic E-state index is 12.4. The third-order valence-corrected chi connectivity index (χ3v) is 5.32. The third kappa shape index (κ3) is 2.94. The highest BCUT2D eigenvalue weighted by Crippen LogP contribution is 2.41. The summed E-state index contributed by atoms with van der Waals surface area (Å²) in [6.45, 7) is 0. The average Bonchev–Trinajstić information content (AvgIpc) is 3.21. The molecule has 7 heteroatoms. The SMILES string of the molecule is O=C1/C(=C\c2ccc(-c3ccc([N+](=O)[O-])cc3Cl)o2)Sc2ccccc21.